The SMILES string of the molecule is Nc1ccc(Oc2cc(F)ccc2Br)nc1N. The van der Waals surface area contributed by atoms with Crippen LogP contribution in [0.2, 0.25) is 0 Å². The van der Waals surface area contributed by atoms with Gasteiger partial charge < -0.3 is 16.2 Å². The molecule has 0 fully saturated rings. The average molecular weight is 298 g/mol. The van der Waals surface area contributed by atoms with Gasteiger partial charge in [0.15, 0.2) is 5.82 Å². The zero-order valence-electron chi connectivity index (χ0n) is 8.65. The first-order valence-corrected chi connectivity index (χ1v) is 5.50. The molecule has 0 saturated carbocycles. The molecule has 1 aromatic heterocycles. The summed E-state index contributed by atoms with van der Waals surface area (Å²) in [4.78, 5) is 3.93. The van der Waals surface area contributed by atoms with Crippen molar-refractivity contribution in [3.8, 4) is 11.6 Å². The predicted molar refractivity (Wildman–Crippen MR) is 67.2 cm³/mol. The minimum absolute atomic E-state index is 0.176. The second-order valence-corrected chi connectivity index (χ2v) is 4.16. The van der Waals surface area contributed by atoms with Gasteiger partial charge in [0.1, 0.15) is 11.6 Å². The Morgan fingerprint density at radius 3 is 2.65 bits per heavy atom. The van der Waals surface area contributed by atoms with Crippen molar-refractivity contribution in [1.29, 1.82) is 0 Å². The van der Waals surface area contributed by atoms with E-state index in [1.165, 1.54) is 12.1 Å². The zero-order chi connectivity index (χ0) is 12.4. The number of nitrogen functional groups attached to an aromatic ring is 2. The highest BCUT2D eigenvalue weighted by Gasteiger charge is 2.06. The molecule has 0 aliphatic heterocycles. The zero-order valence-corrected chi connectivity index (χ0v) is 10.2. The Bertz CT molecular complexity index is 562. The topological polar surface area (TPSA) is 74.2 Å². The summed E-state index contributed by atoms with van der Waals surface area (Å²) in [5.74, 6) is 0.353. The van der Waals surface area contributed by atoms with Gasteiger partial charge in [0, 0.05) is 12.1 Å². The molecule has 2 rings (SSSR count). The lowest BCUT2D eigenvalue weighted by molar-refractivity contribution is 0.456. The summed E-state index contributed by atoms with van der Waals surface area (Å²) in [6.45, 7) is 0. The number of ether oxygens (including phenoxy) is 1. The predicted octanol–water partition coefficient (Wildman–Crippen LogP) is 2.94. The number of hydrogen-bond donors (Lipinski definition) is 2. The second kappa shape index (κ2) is 4.58. The van der Waals surface area contributed by atoms with E-state index in [4.69, 9.17) is 16.2 Å². The Labute approximate surface area is 106 Å². The Morgan fingerprint density at radius 1 is 1.18 bits per heavy atom. The van der Waals surface area contributed by atoms with Gasteiger partial charge in [-0.25, -0.2) is 4.39 Å². The molecular formula is C11H9BrFN3O. The van der Waals surface area contributed by atoms with E-state index >= 15 is 0 Å². The number of aromatic nitrogens is 1. The van der Waals surface area contributed by atoms with Crippen LogP contribution in [0.1, 0.15) is 0 Å². The van der Waals surface area contributed by atoms with E-state index in [0.717, 1.165) is 0 Å². The smallest absolute Gasteiger partial charge is 0.221 e. The number of nitrogens with two attached hydrogens (primary N) is 2. The quantitative estimate of drug-likeness (QED) is 0.894. The van der Waals surface area contributed by atoms with Crippen molar-refractivity contribution >= 4 is 27.4 Å². The molecule has 0 aliphatic rings. The number of rotatable bonds is 2. The molecule has 1 heterocycles. The molecule has 0 bridgehead atoms. The Kier molecular flexibility index (Phi) is 3.14. The third-order valence-corrected chi connectivity index (χ3v) is 2.69. The number of halogens is 2. The third-order valence-electron chi connectivity index (χ3n) is 2.04. The number of benzene rings is 1. The fourth-order valence-electron chi connectivity index (χ4n) is 1.19. The van der Waals surface area contributed by atoms with Gasteiger partial charge in [-0.05, 0) is 34.1 Å². The first-order chi connectivity index (χ1) is 8.06. The molecule has 0 radical (unpaired) electrons. The molecule has 4 N–H and O–H groups in total. The molecule has 2 aromatic rings. The molecule has 0 unspecified atom stereocenters. The molecule has 0 spiro atoms. The largest absolute Gasteiger partial charge is 0.438 e. The lowest BCUT2D eigenvalue weighted by atomic mass is 10.3. The third kappa shape index (κ3) is 2.65. The molecule has 0 aliphatic carbocycles. The van der Waals surface area contributed by atoms with Crippen LogP contribution in [0.25, 0.3) is 0 Å². The summed E-state index contributed by atoms with van der Waals surface area (Å²) >= 11 is 3.25. The summed E-state index contributed by atoms with van der Waals surface area (Å²) in [6, 6.07) is 7.25. The van der Waals surface area contributed by atoms with Crippen molar-refractivity contribution in [2.75, 3.05) is 11.5 Å². The molecule has 0 amide bonds. The highest BCUT2D eigenvalue weighted by atomic mass is 79.9. The summed E-state index contributed by atoms with van der Waals surface area (Å²) in [5.41, 5.74) is 11.4. The maximum Gasteiger partial charge on any atom is 0.221 e. The van der Waals surface area contributed by atoms with E-state index in [-0.39, 0.29) is 11.7 Å². The van der Waals surface area contributed by atoms with Gasteiger partial charge >= 0.3 is 0 Å². The van der Waals surface area contributed by atoms with Gasteiger partial charge in [0.25, 0.3) is 0 Å². The van der Waals surface area contributed by atoms with Gasteiger partial charge in [-0.15, -0.1) is 0 Å². The van der Waals surface area contributed by atoms with Crippen molar-refractivity contribution in [1.82, 2.24) is 4.98 Å². The van der Waals surface area contributed by atoms with E-state index in [2.05, 4.69) is 20.9 Å². The minimum atomic E-state index is -0.397. The van der Waals surface area contributed by atoms with Gasteiger partial charge in [0.05, 0.1) is 10.2 Å². The lowest BCUT2D eigenvalue weighted by Crippen LogP contribution is -1.99. The van der Waals surface area contributed by atoms with Gasteiger partial charge in [-0.1, -0.05) is 0 Å². The maximum atomic E-state index is 13.0. The van der Waals surface area contributed by atoms with Crippen LogP contribution in [0.5, 0.6) is 11.6 Å². The van der Waals surface area contributed by atoms with Crippen molar-refractivity contribution in [2.24, 2.45) is 0 Å². The summed E-state index contributed by atoms with van der Waals surface area (Å²) < 4.78 is 19.0. The van der Waals surface area contributed by atoms with Gasteiger partial charge in [-0.3, -0.25) is 0 Å². The highest BCUT2D eigenvalue weighted by Crippen LogP contribution is 2.30. The molecule has 17 heavy (non-hydrogen) atoms. The van der Waals surface area contributed by atoms with Crippen LogP contribution in [-0.2, 0) is 0 Å². The monoisotopic (exact) mass is 297 g/mol. The summed E-state index contributed by atoms with van der Waals surface area (Å²) in [5, 5.41) is 0. The van der Waals surface area contributed by atoms with Crippen molar-refractivity contribution < 1.29 is 9.13 Å². The van der Waals surface area contributed by atoms with E-state index in [0.29, 0.717) is 15.9 Å². The maximum absolute atomic E-state index is 13.0. The Hall–Kier alpha value is -1.82. The Morgan fingerprint density at radius 2 is 1.94 bits per heavy atom. The van der Waals surface area contributed by atoms with E-state index in [1.807, 2.05) is 0 Å². The number of anilines is 2. The molecular weight excluding hydrogens is 289 g/mol. The fraction of sp³-hybridized carbons (Fsp3) is 0. The number of nitrogens with zero attached hydrogens (tertiary/aromatic N) is 1. The van der Waals surface area contributed by atoms with Crippen LogP contribution in [-0.4, -0.2) is 4.98 Å². The van der Waals surface area contributed by atoms with Gasteiger partial charge in [0.2, 0.25) is 5.88 Å². The molecule has 88 valence electrons. The summed E-state index contributed by atoms with van der Waals surface area (Å²) in [6.07, 6.45) is 0. The normalized spacial score (nSPS) is 10.2. The van der Waals surface area contributed by atoms with Crippen molar-refractivity contribution in [3.63, 3.8) is 0 Å². The van der Waals surface area contributed by atoms with Crippen LogP contribution in [0.15, 0.2) is 34.8 Å². The average Bonchev–Trinajstić information content (AvgIpc) is 2.29. The van der Waals surface area contributed by atoms with Crippen LogP contribution < -0.4 is 16.2 Å². The molecule has 1 aromatic carbocycles. The molecule has 0 atom stereocenters. The first kappa shape index (κ1) is 11.7. The molecule has 4 nitrogen and oxygen atoms in total. The Balaban J connectivity index is 2.31. The first-order valence-electron chi connectivity index (χ1n) is 4.71. The molecule has 6 heteroatoms. The second-order valence-electron chi connectivity index (χ2n) is 3.30. The van der Waals surface area contributed by atoms with Crippen molar-refractivity contribution in [2.45, 2.75) is 0 Å². The molecule has 0 saturated heterocycles. The standard InChI is InChI=1S/C11H9BrFN3O/c12-7-2-1-6(13)5-9(7)17-10-4-3-8(14)11(15)16-10/h1-5H,14H2,(H2,15,16). The van der Waals surface area contributed by atoms with E-state index in [1.54, 1.807) is 18.2 Å². The van der Waals surface area contributed by atoms with Crippen molar-refractivity contribution in [3.05, 3.63) is 40.6 Å². The van der Waals surface area contributed by atoms with Crippen LogP contribution in [0, 0.1) is 5.82 Å². The van der Waals surface area contributed by atoms with Gasteiger partial charge in [-0.2, -0.15) is 4.98 Å². The van der Waals surface area contributed by atoms with Crippen LogP contribution >= 0.6 is 15.9 Å². The van der Waals surface area contributed by atoms with E-state index < -0.39 is 5.82 Å². The van der Waals surface area contributed by atoms with Crippen LogP contribution in [0.4, 0.5) is 15.9 Å². The minimum Gasteiger partial charge on any atom is -0.438 e. The number of pyridine rings is 1. The summed E-state index contributed by atoms with van der Waals surface area (Å²) in [7, 11) is 0. The van der Waals surface area contributed by atoms with Crippen LogP contribution in [0.3, 0.4) is 0 Å². The fourth-order valence-corrected chi connectivity index (χ4v) is 1.52. The van der Waals surface area contributed by atoms with E-state index in [9.17, 15) is 4.39 Å². The highest BCUT2D eigenvalue weighted by molar-refractivity contribution is 9.10. The number of hydrogen-bond acceptors (Lipinski definition) is 4. The lowest BCUT2D eigenvalue weighted by Gasteiger charge is -2.08.